The van der Waals surface area contributed by atoms with E-state index in [9.17, 15) is 4.39 Å². The molecule has 100 valence electrons. The minimum atomic E-state index is -0.369. The third-order valence-corrected chi connectivity index (χ3v) is 4.43. The van der Waals surface area contributed by atoms with E-state index >= 15 is 0 Å². The molecule has 0 saturated heterocycles. The Labute approximate surface area is 130 Å². The Morgan fingerprint density at radius 3 is 2.26 bits per heavy atom. The molecule has 0 N–H and O–H groups in total. The number of halogens is 4. The van der Waals surface area contributed by atoms with Crippen LogP contribution in [0, 0.1) is 19.7 Å². The summed E-state index contributed by atoms with van der Waals surface area (Å²) in [5.41, 5.74) is 2.93. The fraction of sp³-hybridized carbons (Fsp3) is 0.200. The Morgan fingerprint density at radius 1 is 1.11 bits per heavy atom. The smallest absolute Gasteiger partial charge is 0.129 e. The minimum Gasteiger partial charge on any atom is -0.206 e. The quantitative estimate of drug-likeness (QED) is 0.559. The fourth-order valence-electron chi connectivity index (χ4n) is 2.01. The normalized spacial score (nSPS) is 12.5. The maximum absolute atomic E-state index is 13.6. The molecule has 0 amide bonds. The van der Waals surface area contributed by atoms with Gasteiger partial charge in [-0.3, -0.25) is 0 Å². The van der Waals surface area contributed by atoms with Crippen molar-refractivity contribution in [1.82, 2.24) is 0 Å². The molecule has 2 rings (SSSR count). The maximum Gasteiger partial charge on any atom is 0.129 e. The molecule has 0 saturated carbocycles. The highest BCUT2D eigenvalue weighted by molar-refractivity contribution is 9.10. The van der Waals surface area contributed by atoms with Crippen LogP contribution in [0.3, 0.4) is 0 Å². The summed E-state index contributed by atoms with van der Waals surface area (Å²) in [5, 5.41) is 0.255. The lowest BCUT2D eigenvalue weighted by Crippen LogP contribution is -1.98. The summed E-state index contributed by atoms with van der Waals surface area (Å²) >= 11 is 16.0. The Balaban J connectivity index is 2.49. The monoisotopic (exact) mass is 360 g/mol. The van der Waals surface area contributed by atoms with Crippen LogP contribution in [0.2, 0.25) is 5.02 Å². The van der Waals surface area contributed by atoms with E-state index in [4.69, 9.17) is 23.2 Å². The highest BCUT2D eigenvalue weighted by Crippen LogP contribution is 2.36. The molecular formula is C15H12BrCl2F. The van der Waals surface area contributed by atoms with Gasteiger partial charge in [-0.25, -0.2) is 4.39 Å². The first-order valence-electron chi connectivity index (χ1n) is 5.76. The summed E-state index contributed by atoms with van der Waals surface area (Å²) in [6, 6.07) is 9.01. The van der Waals surface area contributed by atoms with Crippen molar-refractivity contribution in [3.05, 3.63) is 67.9 Å². The van der Waals surface area contributed by atoms with Crippen molar-refractivity contribution < 1.29 is 4.39 Å². The molecule has 2 aromatic carbocycles. The van der Waals surface area contributed by atoms with Crippen LogP contribution >= 0.6 is 39.1 Å². The third kappa shape index (κ3) is 3.13. The Kier molecular flexibility index (Phi) is 4.54. The van der Waals surface area contributed by atoms with Gasteiger partial charge in [0.25, 0.3) is 0 Å². The summed E-state index contributed by atoms with van der Waals surface area (Å²) in [5.74, 6) is -0.183. The summed E-state index contributed by atoms with van der Waals surface area (Å²) in [6.07, 6.45) is 0. The van der Waals surface area contributed by atoms with E-state index in [0.29, 0.717) is 16.1 Å². The molecule has 0 aliphatic rings. The van der Waals surface area contributed by atoms with Gasteiger partial charge in [0, 0.05) is 9.50 Å². The average Bonchev–Trinajstić information content (AvgIpc) is 2.37. The Morgan fingerprint density at radius 2 is 1.68 bits per heavy atom. The molecule has 0 heterocycles. The van der Waals surface area contributed by atoms with Crippen LogP contribution in [-0.4, -0.2) is 0 Å². The molecule has 1 atom stereocenters. The van der Waals surface area contributed by atoms with Gasteiger partial charge in [0.05, 0.1) is 5.38 Å². The van der Waals surface area contributed by atoms with Gasteiger partial charge in [0.2, 0.25) is 0 Å². The van der Waals surface area contributed by atoms with Gasteiger partial charge in [-0.05, 0) is 54.3 Å². The SMILES string of the molecule is Cc1cc(C(Cl)c2cc(Cl)ccc2Br)cc(C)c1F. The highest BCUT2D eigenvalue weighted by Gasteiger charge is 2.16. The number of alkyl halides is 1. The van der Waals surface area contributed by atoms with Crippen molar-refractivity contribution in [3.8, 4) is 0 Å². The van der Waals surface area contributed by atoms with Crippen LogP contribution in [0.4, 0.5) is 4.39 Å². The second-order valence-electron chi connectivity index (χ2n) is 4.50. The van der Waals surface area contributed by atoms with Crippen molar-refractivity contribution in [3.63, 3.8) is 0 Å². The summed E-state index contributed by atoms with van der Waals surface area (Å²) in [6.45, 7) is 3.48. The molecule has 0 aromatic heterocycles. The number of hydrogen-bond acceptors (Lipinski definition) is 0. The van der Waals surface area contributed by atoms with Crippen molar-refractivity contribution in [2.75, 3.05) is 0 Å². The minimum absolute atomic E-state index is 0.183. The highest BCUT2D eigenvalue weighted by atomic mass is 79.9. The van der Waals surface area contributed by atoms with E-state index in [1.807, 2.05) is 12.1 Å². The van der Waals surface area contributed by atoms with Crippen molar-refractivity contribution in [2.45, 2.75) is 19.2 Å². The lowest BCUT2D eigenvalue weighted by Gasteiger charge is -2.15. The summed E-state index contributed by atoms with van der Waals surface area (Å²) in [4.78, 5) is 0. The molecule has 0 aliphatic heterocycles. The van der Waals surface area contributed by atoms with Crippen LogP contribution in [0.15, 0.2) is 34.8 Å². The average molecular weight is 362 g/mol. The fourth-order valence-corrected chi connectivity index (χ4v) is 3.11. The van der Waals surface area contributed by atoms with Crippen molar-refractivity contribution in [1.29, 1.82) is 0 Å². The second kappa shape index (κ2) is 5.82. The summed E-state index contributed by atoms with van der Waals surface area (Å²) in [7, 11) is 0. The predicted octanol–water partition coefficient (Wildman–Crippen LogP) is 6.19. The molecule has 0 spiro atoms. The molecule has 1 unspecified atom stereocenters. The van der Waals surface area contributed by atoms with E-state index in [-0.39, 0.29) is 11.2 Å². The Hall–Kier alpha value is -0.570. The molecule has 0 radical (unpaired) electrons. The van der Waals surface area contributed by atoms with Gasteiger partial charge in [-0.2, -0.15) is 0 Å². The largest absolute Gasteiger partial charge is 0.206 e. The van der Waals surface area contributed by atoms with Crippen LogP contribution in [-0.2, 0) is 0 Å². The van der Waals surface area contributed by atoms with Gasteiger partial charge in [0.1, 0.15) is 5.82 Å². The second-order valence-corrected chi connectivity index (χ2v) is 6.22. The van der Waals surface area contributed by atoms with E-state index in [1.165, 1.54) is 0 Å². The number of rotatable bonds is 2. The van der Waals surface area contributed by atoms with Gasteiger partial charge >= 0.3 is 0 Å². The molecular weight excluding hydrogens is 350 g/mol. The van der Waals surface area contributed by atoms with E-state index in [2.05, 4.69) is 15.9 Å². The van der Waals surface area contributed by atoms with Crippen molar-refractivity contribution >= 4 is 39.1 Å². The van der Waals surface area contributed by atoms with E-state index in [0.717, 1.165) is 15.6 Å². The molecule has 19 heavy (non-hydrogen) atoms. The molecule has 0 fully saturated rings. The predicted molar refractivity (Wildman–Crippen MR) is 82.7 cm³/mol. The van der Waals surface area contributed by atoms with Gasteiger partial charge < -0.3 is 0 Å². The van der Waals surface area contributed by atoms with Gasteiger partial charge in [-0.1, -0.05) is 39.7 Å². The first-order chi connectivity index (χ1) is 8.90. The van der Waals surface area contributed by atoms with Crippen LogP contribution in [0.5, 0.6) is 0 Å². The van der Waals surface area contributed by atoms with E-state index < -0.39 is 0 Å². The topological polar surface area (TPSA) is 0 Å². The zero-order valence-corrected chi connectivity index (χ0v) is 13.6. The molecule has 2 aromatic rings. The summed E-state index contributed by atoms with van der Waals surface area (Å²) < 4.78 is 14.5. The zero-order chi connectivity index (χ0) is 14.2. The van der Waals surface area contributed by atoms with Gasteiger partial charge in [-0.15, -0.1) is 11.6 Å². The molecule has 0 bridgehead atoms. The lowest BCUT2D eigenvalue weighted by molar-refractivity contribution is 0.608. The third-order valence-electron chi connectivity index (χ3n) is 2.98. The van der Waals surface area contributed by atoms with Crippen LogP contribution in [0.1, 0.15) is 27.6 Å². The standard InChI is InChI=1S/C15H12BrCl2F/c1-8-5-10(6-9(2)15(8)19)14(18)12-7-11(17)3-4-13(12)16/h3-7,14H,1-2H3. The number of hydrogen-bond donors (Lipinski definition) is 0. The van der Waals surface area contributed by atoms with Gasteiger partial charge in [0.15, 0.2) is 0 Å². The van der Waals surface area contributed by atoms with Crippen LogP contribution in [0.25, 0.3) is 0 Å². The Bertz CT molecular complexity index is 603. The first-order valence-corrected chi connectivity index (χ1v) is 7.36. The first kappa shape index (κ1) is 14.8. The molecule has 0 aliphatic carbocycles. The number of aryl methyl sites for hydroxylation is 2. The zero-order valence-electron chi connectivity index (χ0n) is 10.5. The lowest BCUT2D eigenvalue weighted by atomic mass is 10.00. The maximum atomic E-state index is 13.6. The van der Waals surface area contributed by atoms with Crippen LogP contribution < -0.4 is 0 Å². The molecule has 4 heteroatoms. The van der Waals surface area contributed by atoms with Crippen molar-refractivity contribution in [2.24, 2.45) is 0 Å². The molecule has 0 nitrogen and oxygen atoms in total. The number of benzene rings is 2. The van der Waals surface area contributed by atoms with E-state index in [1.54, 1.807) is 32.0 Å².